The summed E-state index contributed by atoms with van der Waals surface area (Å²) in [5.74, 6) is -1.74. The van der Waals surface area contributed by atoms with Gasteiger partial charge in [0.2, 0.25) is 11.8 Å². The Bertz CT molecular complexity index is 635. The zero-order chi connectivity index (χ0) is 20.5. The first-order valence-corrected chi connectivity index (χ1v) is 11.9. The van der Waals surface area contributed by atoms with E-state index in [1.807, 2.05) is 0 Å². The Kier molecular flexibility index (Phi) is 6.97. The first-order valence-electron chi connectivity index (χ1n) is 10.1. The number of alkyl halides is 1. The molecule has 0 aliphatic carbocycles. The lowest BCUT2D eigenvalue weighted by Gasteiger charge is -2.35. The van der Waals surface area contributed by atoms with Crippen molar-refractivity contribution in [1.29, 1.82) is 0 Å². The minimum absolute atomic E-state index is 0.0518. The summed E-state index contributed by atoms with van der Waals surface area (Å²) in [7, 11) is 0. The maximum Gasteiger partial charge on any atom is 0.310 e. The van der Waals surface area contributed by atoms with Crippen LogP contribution < -0.4 is 5.32 Å². The largest absolute Gasteiger partial charge is 0.466 e. The number of hydrogen-bond acceptors (Lipinski definition) is 6. The van der Waals surface area contributed by atoms with Crippen molar-refractivity contribution in [2.24, 2.45) is 11.8 Å². The van der Waals surface area contributed by atoms with Crippen LogP contribution in [0.2, 0.25) is 0 Å². The maximum atomic E-state index is 13.4. The Labute approximate surface area is 178 Å². The predicted molar refractivity (Wildman–Crippen MR) is 110 cm³/mol. The van der Waals surface area contributed by atoms with E-state index in [4.69, 9.17) is 4.74 Å². The SMILES string of the molecule is CCCCNC(=O)C1N(CCCO)C(=O)[C@@H]2[C@@H](C(=O)OCC)[C@@H]3SC12CC3Br. The van der Waals surface area contributed by atoms with Gasteiger partial charge in [-0.05, 0) is 26.2 Å². The molecule has 6 atom stereocenters. The monoisotopic (exact) mass is 476 g/mol. The minimum Gasteiger partial charge on any atom is -0.466 e. The van der Waals surface area contributed by atoms with E-state index in [2.05, 4.69) is 28.2 Å². The first kappa shape index (κ1) is 21.9. The first-order chi connectivity index (χ1) is 13.4. The molecule has 3 heterocycles. The number of carbonyl (C=O) groups is 3. The molecule has 3 fully saturated rings. The average Bonchev–Trinajstić information content (AvgIpc) is 3.24. The highest BCUT2D eigenvalue weighted by atomic mass is 79.9. The third-order valence-electron chi connectivity index (χ3n) is 5.98. The van der Waals surface area contributed by atoms with Gasteiger partial charge in [0, 0.05) is 29.8 Å². The van der Waals surface area contributed by atoms with E-state index in [-0.39, 0.29) is 41.1 Å². The van der Waals surface area contributed by atoms with Crippen LogP contribution in [-0.2, 0) is 19.1 Å². The third kappa shape index (κ3) is 3.47. The van der Waals surface area contributed by atoms with Crippen molar-refractivity contribution < 1.29 is 24.2 Å². The number of nitrogens with one attached hydrogen (secondary N) is 1. The number of unbranched alkanes of at least 4 members (excludes halogenated alkanes) is 1. The fourth-order valence-corrected chi connectivity index (χ4v) is 8.51. The molecular weight excluding hydrogens is 448 g/mol. The molecule has 2 N–H and O–H groups in total. The minimum atomic E-state index is -0.626. The van der Waals surface area contributed by atoms with Crippen LogP contribution in [0.3, 0.4) is 0 Å². The van der Waals surface area contributed by atoms with Crippen molar-refractivity contribution in [3.05, 3.63) is 0 Å². The van der Waals surface area contributed by atoms with Crippen LogP contribution in [0.1, 0.15) is 39.5 Å². The molecule has 0 saturated carbocycles. The van der Waals surface area contributed by atoms with Crippen LogP contribution in [0.15, 0.2) is 0 Å². The molecule has 3 rings (SSSR count). The van der Waals surface area contributed by atoms with Gasteiger partial charge in [0.15, 0.2) is 0 Å². The molecule has 7 nitrogen and oxygen atoms in total. The van der Waals surface area contributed by atoms with Gasteiger partial charge < -0.3 is 20.1 Å². The van der Waals surface area contributed by atoms with E-state index >= 15 is 0 Å². The van der Waals surface area contributed by atoms with Crippen molar-refractivity contribution in [3.8, 4) is 0 Å². The van der Waals surface area contributed by atoms with Crippen molar-refractivity contribution in [1.82, 2.24) is 10.2 Å². The molecule has 0 radical (unpaired) electrons. The summed E-state index contributed by atoms with van der Waals surface area (Å²) in [4.78, 5) is 40.9. The molecule has 3 unspecified atom stereocenters. The molecule has 28 heavy (non-hydrogen) atoms. The Morgan fingerprint density at radius 2 is 2.14 bits per heavy atom. The highest BCUT2D eigenvalue weighted by Crippen LogP contribution is 2.67. The number of thioether (sulfide) groups is 1. The lowest BCUT2D eigenvalue weighted by molar-refractivity contribution is -0.153. The van der Waals surface area contributed by atoms with Crippen molar-refractivity contribution in [3.63, 3.8) is 0 Å². The van der Waals surface area contributed by atoms with Crippen molar-refractivity contribution in [2.75, 3.05) is 26.3 Å². The van der Waals surface area contributed by atoms with Gasteiger partial charge in [-0.3, -0.25) is 14.4 Å². The molecule has 158 valence electrons. The van der Waals surface area contributed by atoms with Gasteiger partial charge in [-0.1, -0.05) is 29.3 Å². The summed E-state index contributed by atoms with van der Waals surface area (Å²) in [5.41, 5.74) is 0. The number of rotatable bonds is 9. The van der Waals surface area contributed by atoms with Crippen LogP contribution in [0.5, 0.6) is 0 Å². The number of carbonyl (C=O) groups excluding carboxylic acids is 3. The fraction of sp³-hybridized carbons (Fsp3) is 0.842. The van der Waals surface area contributed by atoms with Crippen LogP contribution in [0.25, 0.3) is 0 Å². The molecule has 1 spiro atoms. The molecule has 3 aliphatic rings. The lowest BCUT2D eigenvalue weighted by atomic mass is 9.71. The molecular formula is C19H29BrN2O5S. The van der Waals surface area contributed by atoms with E-state index in [0.717, 1.165) is 12.8 Å². The zero-order valence-electron chi connectivity index (χ0n) is 16.4. The number of likely N-dealkylation sites (tertiary alicyclic amines) is 1. The molecule has 0 aromatic carbocycles. The lowest BCUT2D eigenvalue weighted by Crippen LogP contribution is -2.54. The van der Waals surface area contributed by atoms with Gasteiger partial charge in [-0.2, -0.15) is 0 Å². The van der Waals surface area contributed by atoms with Crippen LogP contribution in [0, 0.1) is 11.8 Å². The van der Waals surface area contributed by atoms with Gasteiger partial charge in [0.1, 0.15) is 6.04 Å². The van der Waals surface area contributed by atoms with E-state index < -0.39 is 22.6 Å². The number of aliphatic hydroxyl groups is 1. The second kappa shape index (κ2) is 8.92. The van der Waals surface area contributed by atoms with Gasteiger partial charge in [0.05, 0.1) is 23.2 Å². The Morgan fingerprint density at radius 1 is 1.39 bits per heavy atom. The Balaban J connectivity index is 1.94. The fourth-order valence-electron chi connectivity index (χ4n) is 4.90. The maximum absolute atomic E-state index is 13.4. The van der Waals surface area contributed by atoms with Gasteiger partial charge in [-0.15, -0.1) is 11.8 Å². The summed E-state index contributed by atoms with van der Waals surface area (Å²) >= 11 is 5.29. The molecule has 3 saturated heterocycles. The number of fused-ring (bicyclic) bond motifs is 1. The number of aliphatic hydroxyl groups excluding tert-OH is 1. The average molecular weight is 477 g/mol. The molecule has 2 amide bonds. The number of halogens is 1. The number of nitrogens with zero attached hydrogens (tertiary/aromatic N) is 1. The van der Waals surface area contributed by atoms with Gasteiger partial charge in [0.25, 0.3) is 0 Å². The van der Waals surface area contributed by atoms with Crippen molar-refractivity contribution >= 4 is 45.5 Å². The van der Waals surface area contributed by atoms with Crippen LogP contribution in [-0.4, -0.2) is 75.0 Å². The standard InChI is InChI=1S/C19H29BrN2O5S/c1-3-5-7-21-16(24)15-19-10-11(20)14(28-19)12(18(26)27-4-2)13(19)17(25)22(15)8-6-9-23/h11-15,23H,3-10H2,1-2H3,(H,21,24)/t11?,12-,13+,14-,15?,19?/m1/s1. The Hall–Kier alpha value is -0.800. The number of esters is 1. The van der Waals surface area contributed by atoms with E-state index in [0.29, 0.717) is 25.9 Å². The number of ether oxygens (including phenoxy) is 1. The molecule has 9 heteroatoms. The number of hydrogen-bond donors (Lipinski definition) is 2. The summed E-state index contributed by atoms with van der Waals surface area (Å²) in [6.45, 7) is 4.91. The smallest absolute Gasteiger partial charge is 0.310 e. The van der Waals surface area contributed by atoms with Gasteiger partial charge >= 0.3 is 5.97 Å². The van der Waals surface area contributed by atoms with E-state index in [9.17, 15) is 19.5 Å². The molecule has 0 aromatic rings. The second-order valence-corrected chi connectivity index (χ2v) is 10.4. The predicted octanol–water partition coefficient (Wildman–Crippen LogP) is 1.31. The summed E-state index contributed by atoms with van der Waals surface area (Å²) in [6, 6.07) is -0.622. The summed E-state index contributed by atoms with van der Waals surface area (Å²) in [6.07, 6.45) is 2.91. The highest BCUT2D eigenvalue weighted by Gasteiger charge is 2.75. The molecule has 2 bridgehead atoms. The van der Waals surface area contributed by atoms with Crippen LogP contribution >= 0.6 is 27.7 Å². The Morgan fingerprint density at radius 3 is 2.79 bits per heavy atom. The second-order valence-electron chi connectivity index (χ2n) is 7.67. The summed E-state index contributed by atoms with van der Waals surface area (Å²) < 4.78 is 4.66. The quantitative estimate of drug-likeness (QED) is 0.296. The topological polar surface area (TPSA) is 95.9 Å². The number of amides is 2. The van der Waals surface area contributed by atoms with Gasteiger partial charge in [-0.25, -0.2) is 0 Å². The van der Waals surface area contributed by atoms with Crippen LogP contribution in [0.4, 0.5) is 0 Å². The van der Waals surface area contributed by atoms with E-state index in [1.54, 1.807) is 23.6 Å². The normalized spacial score (nSPS) is 35.9. The summed E-state index contributed by atoms with van der Waals surface area (Å²) in [5, 5.41) is 12.2. The zero-order valence-corrected chi connectivity index (χ0v) is 18.8. The molecule has 0 aromatic heterocycles. The third-order valence-corrected chi connectivity index (χ3v) is 9.20. The van der Waals surface area contributed by atoms with Crippen molar-refractivity contribution in [2.45, 2.75) is 60.4 Å². The highest BCUT2D eigenvalue weighted by molar-refractivity contribution is 9.09. The molecule has 3 aliphatic heterocycles. The van der Waals surface area contributed by atoms with E-state index in [1.165, 1.54) is 0 Å².